The first-order valence-electron chi connectivity index (χ1n) is 14.0. The third-order valence-electron chi connectivity index (χ3n) is 8.49. The van der Waals surface area contributed by atoms with Crippen LogP contribution in [-0.2, 0) is 5.41 Å². The highest BCUT2D eigenvalue weighted by Gasteiger charge is 2.36. The maximum atomic E-state index is 5.07. The summed E-state index contributed by atoms with van der Waals surface area (Å²) in [6.45, 7) is 4.67. The molecule has 7 aromatic rings. The molecule has 1 aliphatic rings. The number of hydrogen-bond acceptors (Lipinski definition) is 3. The number of nitrogens with zero attached hydrogens (tertiary/aromatic N) is 3. The number of rotatable bonds is 3. The maximum Gasteiger partial charge on any atom is 0.164 e. The van der Waals surface area contributed by atoms with E-state index in [4.69, 9.17) is 15.0 Å². The summed E-state index contributed by atoms with van der Waals surface area (Å²) in [4.78, 5) is 15.0. The Morgan fingerprint density at radius 1 is 0.439 bits per heavy atom. The van der Waals surface area contributed by atoms with Crippen LogP contribution in [0.3, 0.4) is 0 Å². The van der Waals surface area contributed by atoms with Crippen LogP contribution >= 0.6 is 0 Å². The molecule has 194 valence electrons. The molecule has 8 rings (SSSR count). The molecule has 6 aromatic carbocycles. The zero-order valence-corrected chi connectivity index (χ0v) is 23.0. The predicted molar refractivity (Wildman–Crippen MR) is 169 cm³/mol. The lowest BCUT2D eigenvalue weighted by atomic mass is 9.80. The van der Waals surface area contributed by atoms with Crippen LogP contribution in [0.15, 0.2) is 127 Å². The summed E-state index contributed by atoms with van der Waals surface area (Å²) in [5, 5.41) is 4.76. The fraction of sp³-hybridized carbons (Fsp3) is 0.0789. The Morgan fingerprint density at radius 2 is 1.12 bits per heavy atom. The first-order valence-corrected chi connectivity index (χ1v) is 14.0. The summed E-state index contributed by atoms with van der Waals surface area (Å²) in [7, 11) is 0. The van der Waals surface area contributed by atoms with Gasteiger partial charge in [0.2, 0.25) is 0 Å². The largest absolute Gasteiger partial charge is 0.208 e. The summed E-state index contributed by atoms with van der Waals surface area (Å²) in [5.74, 6) is 2.02. The standard InChI is InChI=1S/C38H27N3/c1-38(2)33-18-9-8-16-30(33)31-22-19-26-23-27(20-21-29(26)34(31)38)36-39-35(25-12-4-3-5-13-25)40-37(41-36)32-17-10-14-24-11-6-7-15-28(24)32/h3-23H,1-2H3. The summed E-state index contributed by atoms with van der Waals surface area (Å²) in [6, 6.07) is 44.8. The quantitative estimate of drug-likeness (QED) is 0.231. The highest BCUT2D eigenvalue weighted by atomic mass is 15.0. The molecule has 0 aliphatic heterocycles. The monoisotopic (exact) mass is 525 g/mol. The van der Waals surface area contributed by atoms with Gasteiger partial charge in [-0.05, 0) is 49.9 Å². The van der Waals surface area contributed by atoms with Crippen molar-refractivity contribution in [3.05, 3.63) is 139 Å². The van der Waals surface area contributed by atoms with Crippen LogP contribution in [-0.4, -0.2) is 15.0 Å². The molecule has 0 bridgehead atoms. The van der Waals surface area contributed by atoms with Gasteiger partial charge in [-0.25, -0.2) is 15.0 Å². The van der Waals surface area contributed by atoms with Gasteiger partial charge in [0.15, 0.2) is 17.5 Å². The highest BCUT2D eigenvalue weighted by Crippen LogP contribution is 2.51. The predicted octanol–water partition coefficient (Wildman–Crippen LogP) is 9.49. The Morgan fingerprint density at radius 3 is 2.00 bits per heavy atom. The third kappa shape index (κ3) is 3.70. The van der Waals surface area contributed by atoms with Crippen molar-refractivity contribution in [1.29, 1.82) is 0 Å². The normalized spacial score (nSPS) is 13.3. The van der Waals surface area contributed by atoms with Crippen LogP contribution in [0.4, 0.5) is 0 Å². The average Bonchev–Trinajstić information content (AvgIpc) is 3.27. The van der Waals surface area contributed by atoms with Gasteiger partial charge in [0.05, 0.1) is 0 Å². The van der Waals surface area contributed by atoms with Gasteiger partial charge in [-0.15, -0.1) is 0 Å². The van der Waals surface area contributed by atoms with Gasteiger partial charge in [-0.3, -0.25) is 0 Å². The van der Waals surface area contributed by atoms with Gasteiger partial charge in [0, 0.05) is 22.1 Å². The van der Waals surface area contributed by atoms with Crippen LogP contribution in [0.25, 0.3) is 66.8 Å². The van der Waals surface area contributed by atoms with E-state index in [0.29, 0.717) is 17.5 Å². The SMILES string of the molecule is CC1(C)c2ccccc2-c2ccc3cc(-c4nc(-c5ccccc5)nc(-c5cccc6ccccc56)n4)ccc3c21. The van der Waals surface area contributed by atoms with Crippen molar-refractivity contribution in [3.63, 3.8) is 0 Å². The zero-order chi connectivity index (χ0) is 27.6. The summed E-state index contributed by atoms with van der Waals surface area (Å²) < 4.78 is 0. The number of benzene rings is 6. The van der Waals surface area contributed by atoms with E-state index in [2.05, 4.69) is 123 Å². The Balaban J connectivity index is 1.33. The average molecular weight is 526 g/mol. The lowest BCUT2D eigenvalue weighted by Crippen LogP contribution is -2.15. The molecule has 0 amide bonds. The van der Waals surface area contributed by atoms with Crippen LogP contribution in [0.1, 0.15) is 25.0 Å². The molecular formula is C38H27N3. The van der Waals surface area contributed by atoms with Crippen molar-refractivity contribution in [2.45, 2.75) is 19.3 Å². The number of hydrogen-bond donors (Lipinski definition) is 0. The van der Waals surface area contributed by atoms with Gasteiger partial charge < -0.3 is 0 Å². The van der Waals surface area contributed by atoms with Crippen molar-refractivity contribution in [2.75, 3.05) is 0 Å². The molecule has 0 saturated heterocycles. The van der Waals surface area contributed by atoms with Gasteiger partial charge >= 0.3 is 0 Å². The molecule has 0 saturated carbocycles. The fourth-order valence-electron chi connectivity index (χ4n) is 6.53. The van der Waals surface area contributed by atoms with Gasteiger partial charge in [-0.1, -0.05) is 135 Å². The molecule has 0 fully saturated rings. The highest BCUT2D eigenvalue weighted by molar-refractivity contribution is 5.99. The van der Waals surface area contributed by atoms with Crippen LogP contribution in [0, 0.1) is 0 Å². The van der Waals surface area contributed by atoms with E-state index >= 15 is 0 Å². The molecule has 0 spiro atoms. The molecular weight excluding hydrogens is 498 g/mol. The molecule has 1 aromatic heterocycles. The molecule has 0 unspecified atom stereocenters. The third-order valence-corrected chi connectivity index (χ3v) is 8.49. The second kappa shape index (κ2) is 8.94. The van der Waals surface area contributed by atoms with Gasteiger partial charge in [0.25, 0.3) is 0 Å². The van der Waals surface area contributed by atoms with Crippen molar-refractivity contribution in [1.82, 2.24) is 15.0 Å². The molecule has 0 radical (unpaired) electrons. The first kappa shape index (κ1) is 23.7. The first-order chi connectivity index (χ1) is 20.1. The zero-order valence-electron chi connectivity index (χ0n) is 23.0. The molecule has 0 N–H and O–H groups in total. The Hall–Kier alpha value is -5.15. The smallest absolute Gasteiger partial charge is 0.164 e. The summed E-state index contributed by atoms with van der Waals surface area (Å²) in [5.41, 5.74) is 8.32. The molecule has 41 heavy (non-hydrogen) atoms. The molecule has 1 heterocycles. The molecule has 0 atom stereocenters. The number of fused-ring (bicyclic) bond motifs is 6. The Labute approximate surface area is 239 Å². The van der Waals surface area contributed by atoms with Gasteiger partial charge in [-0.2, -0.15) is 0 Å². The lowest BCUT2D eigenvalue weighted by molar-refractivity contribution is 0.666. The van der Waals surface area contributed by atoms with Crippen molar-refractivity contribution >= 4 is 21.5 Å². The van der Waals surface area contributed by atoms with E-state index in [1.54, 1.807) is 0 Å². The minimum Gasteiger partial charge on any atom is -0.208 e. The van der Waals surface area contributed by atoms with Crippen LogP contribution in [0.2, 0.25) is 0 Å². The number of aromatic nitrogens is 3. The fourth-order valence-corrected chi connectivity index (χ4v) is 6.53. The van der Waals surface area contributed by atoms with E-state index < -0.39 is 0 Å². The molecule has 3 heteroatoms. The van der Waals surface area contributed by atoms with E-state index in [1.165, 1.54) is 33.0 Å². The lowest BCUT2D eigenvalue weighted by Gasteiger charge is -2.23. The Kier molecular flexibility index (Phi) is 5.17. The second-order valence-corrected chi connectivity index (χ2v) is 11.3. The van der Waals surface area contributed by atoms with E-state index in [-0.39, 0.29) is 5.41 Å². The summed E-state index contributed by atoms with van der Waals surface area (Å²) in [6.07, 6.45) is 0. The van der Waals surface area contributed by atoms with Crippen LogP contribution < -0.4 is 0 Å². The second-order valence-electron chi connectivity index (χ2n) is 11.3. The minimum atomic E-state index is -0.0673. The van der Waals surface area contributed by atoms with E-state index in [1.807, 2.05) is 18.2 Å². The van der Waals surface area contributed by atoms with Crippen molar-refractivity contribution in [3.8, 4) is 45.3 Å². The maximum absolute atomic E-state index is 5.07. The van der Waals surface area contributed by atoms with Crippen LogP contribution in [0.5, 0.6) is 0 Å². The Bertz CT molecular complexity index is 2120. The summed E-state index contributed by atoms with van der Waals surface area (Å²) >= 11 is 0. The minimum absolute atomic E-state index is 0.0673. The van der Waals surface area contributed by atoms with Crippen molar-refractivity contribution in [2.24, 2.45) is 0 Å². The molecule has 3 nitrogen and oxygen atoms in total. The molecule has 1 aliphatic carbocycles. The van der Waals surface area contributed by atoms with Gasteiger partial charge in [0.1, 0.15) is 0 Å². The van der Waals surface area contributed by atoms with E-state index in [9.17, 15) is 0 Å². The topological polar surface area (TPSA) is 38.7 Å². The van der Waals surface area contributed by atoms with E-state index in [0.717, 1.165) is 27.5 Å². The van der Waals surface area contributed by atoms with Crippen molar-refractivity contribution < 1.29 is 0 Å².